The topological polar surface area (TPSA) is 107 Å². The van der Waals surface area contributed by atoms with Gasteiger partial charge in [-0.2, -0.15) is 0 Å². The Morgan fingerprint density at radius 3 is 2.53 bits per heavy atom. The summed E-state index contributed by atoms with van der Waals surface area (Å²) in [7, 11) is 1.57. The van der Waals surface area contributed by atoms with Crippen LogP contribution in [0.15, 0.2) is 47.6 Å². The second-order valence-electron chi connectivity index (χ2n) is 8.16. The standard InChI is InChI=1S/C26H33N5O4S/c1-6-19-9-11-20(12-10-19)35-18(4)25(33)27-15-23-29-30-26(31(23)7-2)36-16-24(32)28-21-14-17(3)8-13-22(21)34-5/h8-14,18H,6-7,15-16H2,1-5H3,(H,27,33)(H,28,32)/t18-/m0/s1. The van der Waals surface area contributed by atoms with E-state index in [0.717, 1.165) is 12.0 Å². The molecule has 0 bridgehead atoms. The number of aromatic nitrogens is 3. The highest BCUT2D eigenvalue weighted by Gasteiger charge is 2.18. The van der Waals surface area contributed by atoms with E-state index in [1.165, 1.54) is 17.3 Å². The molecule has 2 amide bonds. The lowest BCUT2D eigenvalue weighted by atomic mass is 10.2. The molecule has 3 rings (SSSR count). The number of hydrogen-bond donors (Lipinski definition) is 2. The third kappa shape index (κ3) is 7.24. The van der Waals surface area contributed by atoms with Crippen molar-refractivity contribution in [2.24, 2.45) is 0 Å². The Labute approximate surface area is 216 Å². The summed E-state index contributed by atoms with van der Waals surface area (Å²) in [6, 6.07) is 13.3. The van der Waals surface area contributed by atoms with Crippen molar-refractivity contribution in [1.29, 1.82) is 0 Å². The van der Waals surface area contributed by atoms with Crippen molar-refractivity contribution in [3.05, 3.63) is 59.4 Å². The van der Waals surface area contributed by atoms with Gasteiger partial charge >= 0.3 is 0 Å². The van der Waals surface area contributed by atoms with Crippen LogP contribution in [-0.2, 0) is 29.1 Å². The Kier molecular flexibility index (Phi) is 9.75. The number of amides is 2. The lowest BCUT2D eigenvalue weighted by molar-refractivity contribution is -0.127. The summed E-state index contributed by atoms with van der Waals surface area (Å²) in [6.45, 7) is 8.50. The van der Waals surface area contributed by atoms with Gasteiger partial charge in [0.2, 0.25) is 5.91 Å². The molecule has 2 aromatic carbocycles. The molecule has 1 aromatic heterocycles. The third-order valence-electron chi connectivity index (χ3n) is 5.51. The number of nitrogens with zero attached hydrogens (tertiary/aromatic N) is 3. The van der Waals surface area contributed by atoms with Crippen LogP contribution in [0.4, 0.5) is 5.69 Å². The minimum absolute atomic E-state index is 0.156. The number of nitrogens with one attached hydrogen (secondary N) is 2. The minimum atomic E-state index is -0.661. The number of anilines is 1. The van der Waals surface area contributed by atoms with Crippen LogP contribution in [-0.4, -0.2) is 45.5 Å². The smallest absolute Gasteiger partial charge is 0.261 e. The van der Waals surface area contributed by atoms with E-state index in [9.17, 15) is 9.59 Å². The van der Waals surface area contributed by atoms with Crippen molar-refractivity contribution in [3.8, 4) is 11.5 Å². The van der Waals surface area contributed by atoms with Gasteiger partial charge in [0.1, 0.15) is 11.5 Å². The van der Waals surface area contributed by atoms with E-state index >= 15 is 0 Å². The summed E-state index contributed by atoms with van der Waals surface area (Å²) >= 11 is 1.28. The molecule has 0 saturated heterocycles. The maximum absolute atomic E-state index is 12.6. The van der Waals surface area contributed by atoms with Crippen molar-refractivity contribution in [2.45, 2.75) is 58.5 Å². The zero-order valence-corrected chi connectivity index (χ0v) is 22.1. The highest BCUT2D eigenvalue weighted by atomic mass is 32.2. The highest BCUT2D eigenvalue weighted by Crippen LogP contribution is 2.26. The van der Waals surface area contributed by atoms with E-state index in [1.807, 2.05) is 60.9 Å². The SMILES string of the molecule is CCc1ccc(O[C@@H](C)C(=O)NCc2nnc(SCC(=O)Nc3cc(C)ccc3OC)n2CC)cc1. The van der Waals surface area contributed by atoms with Crippen LogP contribution in [0.1, 0.15) is 37.7 Å². The molecule has 0 saturated carbocycles. The number of rotatable bonds is 12. The van der Waals surface area contributed by atoms with Gasteiger partial charge < -0.3 is 24.7 Å². The van der Waals surface area contributed by atoms with Gasteiger partial charge in [-0.1, -0.05) is 36.9 Å². The Hall–Kier alpha value is -3.53. The number of benzene rings is 2. The lowest BCUT2D eigenvalue weighted by Gasteiger charge is -2.15. The molecule has 0 aliphatic carbocycles. The van der Waals surface area contributed by atoms with Crippen molar-refractivity contribution in [3.63, 3.8) is 0 Å². The lowest BCUT2D eigenvalue weighted by Crippen LogP contribution is -2.36. The molecule has 1 heterocycles. The second-order valence-corrected chi connectivity index (χ2v) is 9.10. The zero-order valence-electron chi connectivity index (χ0n) is 21.3. The van der Waals surface area contributed by atoms with E-state index in [0.29, 0.717) is 34.7 Å². The molecular weight excluding hydrogens is 478 g/mol. The molecule has 0 spiro atoms. The number of methoxy groups -OCH3 is 1. The van der Waals surface area contributed by atoms with Crippen LogP contribution in [0.5, 0.6) is 11.5 Å². The predicted octanol–water partition coefficient (Wildman–Crippen LogP) is 3.99. The normalized spacial score (nSPS) is 11.6. The molecule has 0 unspecified atom stereocenters. The zero-order chi connectivity index (χ0) is 26.1. The first-order valence-corrected chi connectivity index (χ1v) is 12.9. The number of carbonyl (C=O) groups excluding carboxylic acids is 2. The van der Waals surface area contributed by atoms with Gasteiger partial charge in [0.25, 0.3) is 5.91 Å². The molecule has 0 fully saturated rings. The summed E-state index contributed by atoms with van der Waals surface area (Å²) in [5.41, 5.74) is 2.85. The van der Waals surface area contributed by atoms with Gasteiger partial charge in [-0.05, 0) is 62.6 Å². The van der Waals surface area contributed by atoms with Crippen LogP contribution >= 0.6 is 11.8 Å². The van der Waals surface area contributed by atoms with Crippen molar-refractivity contribution in [1.82, 2.24) is 20.1 Å². The number of hydrogen-bond acceptors (Lipinski definition) is 7. The number of thioether (sulfide) groups is 1. The molecule has 0 radical (unpaired) electrons. The van der Waals surface area contributed by atoms with Crippen LogP contribution in [0, 0.1) is 6.92 Å². The Morgan fingerprint density at radius 2 is 1.86 bits per heavy atom. The average Bonchev–Trinajstić information content (AvgIpc) is 3.28. The number of carbonyl (C=O) groups is 2. The number of aryl methyl sites for hydroxylation is 2. The molecule has 1 atom stereocenters. The summed E-state index contributed by atoms with van der Waals surface area (Å²) in [4.78, 5) is 25.1. The van der Waals surface area contributed by atoms with E-state index < -0.39 is 6.10 Å². The summed E-state index contributed by atoms with van der Waals surface area (Å²) in [5.74, 6) is 1.58. The van der Waals surface area contributed by atoms with Gasteiger partial charge in [0.15, 0.2) is 17.1 Å². The largest absolute Gasteiger partial charge is 0.495 e. The van der Waals surface area contributed by atoms with Crippen molar-refractivity contribution < 1.29 is 19.1 Å². The first kappa shape index (κ1) is 27.1. The molecule has 10 heteroatoms. The van der Waals surface area contributed by atoms with E-state index in [2.05, 4.69) is 27.8 Å². The van der Waals surface area contributed by atoms with E-state index in [-0.39, 0.29) is 24.1 Å². The summed E-state index contributed by atoms with van der Waals surface area (Å²) in [6.07, 6.45) is 0.285. The second kappa shape index (κ2) is 13.0. The number of ether oxygens (including phenoxy) is 2. The molecule has 36 heavy (non-hydrogen) atoms. The van der Waals surface area contributed by atoms with Crippen LogP contribution < -0.4 is 20.1 Å². The monoisotopic (exact) mass is 511 g/mol. The highest BCUT2D eigenvalue weighted by molar-refractivity contribution is 7.99. The maximum Gasteiger partial charge on any atom is 0.261 e. The first-order chi connectivity index (χ1) is 17.3. The van der Waals surface area contributed by atoms with Crippen LogP contribution in [0.2, 0.25) is 0 Å². The fourth-order valence-corrected chi connectivity index (χ4v) is 4.30. The van der Waals surface area contributed by atoms with Gasteiger partial charge in [-0.15, -0.1) is 10.2 Å². The van der Waals surface area contributed by atoms with Crippen molar-refractivity contribution in [2.75, 3.05) is 18.2 Å². The van der Waals surface area contributed by atoms with Crippen LogP contribution in [0.25, 0.3) is 0 Å². The van der Waals surface area contributed by atoms with Gasteiger partial charge in [-0.25, -0.2) is 0 Å². The van der Waals surface area contributed by atoms with E-state index in [4.69, 9.17) is 9.47 Å². The first-order valence-electron chi connectivity index (χ1n) is 11.9. The predicted molar refractivity (Wildman–Crippen MR) is 141 cm³/mol. The Morgan fingerprint density at radius 1 is 1.11 bits per heavy atom. The molecule has 9 nitrogen and oxygen atoms in total. The molecule has 0 aliphatic rings. The van der Waals surface area contributed by atoms with Gasteiger partial charge in [0.05, 0.1) is 25.1 Å². The molecule has 2 N–H and O–H groups in total. The van der Waals surface area contributed by atoms with Crippen LogP contribution in [0.3, 0.4) is 0 Å². The minimum Gasteiger partial charge on any atom is -0.495 e. The average molecular weight is 512 g/mol. The fourth-order valence-electron chi connectivity index (χ4n) is 3.48. The molecule has 0 aliphatic heterocycles. The Balaban J connectivity index is 1.53. The molecule has 3 aromatic rings. The molecule has 192 valence electrons. The van der Waals surface area contributed by atoms with E-state index in [1.54, 1.807) is 14.0 Å². The van der Waals surface area contributed by atoms with Crippen molar-refractivity contribution >= 4 is 29.3 Å². The molecular formula is C26H33N5O4S. The Bertz CT molecular complexity index is 1180. The quantitative estimate of drug-likeness (QED) is 0.354. The maximum atomic E-state index is 12.6. The fraction of sp³-hybridized carbons (Fsp3) is 0.385. The summed E-state index contributed by atoms with van der Waals surface area (Å²) < 4.78 is 12.9. The third-order valence-corrected chi connectivity index (χ3v) is 6.47. The summed E-state index contributed by atoms with van der Waals surface area (Å²) in [5, 5.41) is 14.8. The van der Waals surface area contributed by atoms with Gasteiger partial charge in [-0.3, -0.25) is 9.59 Å². The van der Waals surface area contributed by atoms with Gasteiger partial charge in [0, 0.05) is 6.54 Å².